The van der Waals surface area contributed by atoms with Crippen molar-refractivity contribution in [2.75, 3.05) is 26.2 Å². The van der Waals surface area contributed by atoms with Gasteiger partial charge in [0, 0.05) is 26.2 Å². The predicted molar refractivity (Wildman–Crippen MR) is 110 cm³/mol. The zero-order valence-electron chi connectivity index (χ0n) is 18.5. The van der Waals surface area contributed by atoms with Gasteiger partial charge >= 0.3 is 18.4 Å². The zero-order valence-corrected chi connectivity index (χ0v) is 18.5. The fraction of sp³-hybridized carbons (Fsp3) is 0.619. The molecule has 12 heteroatoms. The molecule has 9 nitrogen and oxygen atoms in total. The molecule has 0 spiro atoms. The first-order valence-electron chi connectivity index (χ1n) is 11.0. The standard InChI is InChI=1S/C21H26F3N5O4/c1-13-5-9-27(10-6-13)19(30)29-17-15(3-4-16(25-17)21(22,23)24)18(26-29)32-20(31)33-28-11-7-14(2)8-12-28/h3-4,13-14H,5-12H2,1-2H3. The van der Waals surface area contributed by atoms with Gasteiger partial charge in [0.05, 0.1) is 5.39 Å². The maximum atomic E-state index is 13.3. The molecule has 2 aromatic rings. The van der Waals surface area contributed by atoms with Crippen LogP contribution >= 0.6 is 0 Å². The number of hydrogen-bond donors (Lipinski definition) is 0. The minimum absolute atomic E-state index is 0.00550. The van der Waals surface area contributed by atoms with Crippen LogP contribution in [0.15, 0.2) is 12.1 Å². The molecule has 0 aromatic carbocycles. The van der Waals surface area contributed by atoms with Crippen LogP contribution in [-0.4, -0.2) is 63.1 Å². The van der Waals surface area contributed by atoms with E-state index in [1.54, 1.807) is 0 Å². The Morgan fingerprint density at radius 2 is 1.61 bits per heavy atom. The Labute approximate surface area is 188 Å². The maximum Gasteiger partial charge on any atom is 0.534 e. The number of hydrogen-bond acceptors (Lipinski definition) is 7. The monoisotopic (exact) mass is 469 g/mol. The number of pyridine rings is 1. The minimum Gasteiger partial charge on any atom is -0.372 e. The van der Waals surface area contributed by atoms with Gasteiger partial charge in [-0.1, -0.05) is 13.8 Å². The molecule has 0 N–H and O–H groups in total. The van der Waals surface area contributed by atoms with Crippen molar-refractivity contribution in [2.45, 2.75) is 45.7 Å². The average molecular weight is 469 g/mol. The van der Waals surface area contributed by atoms with E-state index >= 15 is 0 Å². The van der Waals surface area contributed by atoms with Gasteiger partial charge in [-0.3, -0.25) is 0 Å². The Hall–Kier alpha value is -2.89. The lowest BCUT2D eigenvalue weighted by Crippen LogP contribution is -2.41. The summed E-state index contributed by atoms with van der Waals surface area (Å²) in [7, 11) is 0. The number of hydroxylamine groups is 2. The van der Waals surface area contributed by atoms with Gasteiger partial charge in [0.1, 0.15) is 5.69 Å². The van der Waals surface area contributed by atoms with Crippen LogP contribution in [0.5, 0.6) is 5.88 Å². The molecule has 2 aliphatic heterocycles. The highest BCUT2D eigenvalue weighted by atomic mass is 19.4. The van der Waals surface area contributed by atoms with Gasteiger partial charge in [-0.05, 0) is 49.7 Å². The van der Waals surface area contributed by atoms with E-state index in [0.29, 0.717) is 38.0 Å². The average Bonchev–Trinajstić information content (AvgIpc) is 3.12. The summed E-state index contributed by atoms with van der Waals surface area (Å²) in [6.07, 6.45) is -2.52. The number of alkyl halides is 3. The van der Waals surface area contributed by atoms with Crippen molar-refractivity contribution in [3.05, 3.63) is 17.8 Å². The molecule has 2 fully saturated rings. The number of piperidine rings is 2. The summed E-state index contributed by atoms with van der Waals surface area (Å²) in [6.45, 7) is 6.18. The van der Waals surface area contributed by atoms with Crippen LogP contribution in [0.2, 0.25) is 0 Å². The third-order valence-corrected chi connectivity index (χ3v) is 6.15. The third-order valence-electron chi connectivity index (χ3n) is 6.15. The summed E-state index contributed by atoms with van der Waals surface area (Å²) < 4.78 is 45.7. The first-order valence-corrected chi connectivity index (χ1v) is 11.0. The van der Waals surface area contributed by atoms with E-state index in [1.807, 2.05) is 0 Å². The number of carbonyl (C=O) groups excluding carboxylic acids is 2. The van der Waals surface area contributed by atoms with Gasteiger partial charge in [0.25, 0.3) is 5.88 Å². The lowest BCUT2D eigenvalue weighted by atomic mass is 10.00. The molecule has 0 saturated carbocycles. The molecule has 0 bridgehead atoms. The number of aromatic nitrogens is 3. The van der Waals surface area contributed by atoms with Gasteiger partial charge in [-0.2, -0.15) is 17.9 Å². The summed E-state index contributed by atoms with van der Waals surface area (Å²) in [4.78, 5) is 35.7. The second-order valence-electron chi connectivity index (χ2n) is 8.79. The molecule has 0 unspecified atom stereocenters. The minimum atomic E-state index is -4.71. The quantitative estimate of drug-likeness (QED) is 0.606. The van der Waals surface area contributed by atoms with Gasteiger partial charge in [0.2, 0.25) is 0 Å². The van der Waals surface area contributed by atoms with Crippen molar-refractivity contribution in [2.24, 2.45) is 11.8 Å². The van der Waals surface area contributed by atoms with E-state index in [-0.39, 0.29) is 16.9 Å². The molecule has 4 heterocycles. The fourth-order valence-corrected chi connectivity index (χ4v) is 3.95. The number of fused-ring (bicyclic) bond motifs is 1. The fourth-order valence-electron chi connectivity index (χ4n) is 3.95. The summed E-state index contributed by atoms with van der Waals surface area (Å²) in [6, 6.07) is 1.23. The second kappa shape index (κ2) is 9.16. The Bertz CT molecular complexity index is 1020. The van der Waals surface area contributed by atoms with Crippen molar-refractivity contribution in [3.63, 3.8) is 0 Å². The number of likely N-dealkylation sites (tertiary alicyclic amines) is 1. The highest BCUT2D eigenvalue weighted by molar-refractivity contribution is 5.92. The van der Waals surface area contributed by atoms with E-state index in [9.17, 15) is 22.8 Å². The number of halogens is 3. The first kappa shape index (κ1) is 23.3. The molecule has 2 aromatic heterocycles. The smallest absolute Gasteiger partial charge is 0.372 e. The number of amides is 1. The van der Waals surface area contributed by atoms with Crippen molar-refractivity contribution in [3.8, 4) is 5.88 Å². The maximum absolute atomic E-state index is 13.3. The summed E-state index contributed by atoms with van der Waals surface area (Å²) >= 11 is 0. The molecule has 2 aliphatic rings. The Morgan fingerprint density at radius 3 is 2.21 bits per heavy atom. The summed E-state index contributed by atoms with van der Waals surface area (Å²) in [5.74, 6) is 0.642. The van der Waals surface area contributed by atoms with Gasteiger partial charge < -0.3 is 14.5 Å². The van der Waals surface area contributed by atoms with E-state index in [2.05, 4.69) is 23.9 Å². The van der Waals surface area contributed by atoms with Gasteiger partial charge in [-0.25, -0.2) is 14.6 Å². The highest BCUT2D eigenvalue weighted by Gasteiger charge is 2.35. The van der Waals surface area contributed by atoms with E-state index in [1.165, 1.54) is 9.96 Å². The van der Waals surface area contributed by atoms with Crippen LogP contribution in [0.4, 0.5) is 22.8 Å². The topological polar surface area (TPSA) is 89.8 Å². The van der Waals surface area contributed by atoms with Crippen LogP contribution in [0.3, 0.4) is 0 Å². The molecule has 33 heavy (non-hydrogen) atoms. The number of carbonyl (C=O) groups is 2. The van der Waals surface area contributed by atoms with E-state index in [0.717, 1.165) is 42.5 Å². The van der Waals surface area contributed by atoms with Crippen molar-refractivity contribution >= 4 is 23.2 Å². The lowest BCUT2D eigenvalue weighted by Gasteiger charge is -2.29. The lowest BCUT2D eigenvalue weighted by molar-refractivity contribution is -0.141. The number of rotatable bonds is 2. The first-order chi connectivity index (χ1) is 15.6. The molecular weight excluding hydrogens is 443 g/mol. The largest absolute Gasteiger partial charge is 0.534 e. The van der Waals surface area contributed by atoms with Crippen molar-refractivity contribution in [1.29, 1.82) is 0 Å². The summed E-state index contributed by atoms with van der Waals surface area (Å²) in [5.41, 5.74) is -1.50. The van der Waals surface area contributed by atoms with Gasteiger partial charge in [-0.15, -0.1) is 10.2 Å². The summed E-state index contributed by atoms with van der Waals surface area (Å²) in [5, 5.41) is 5.49. The highest BCUT2D eigenvalue weighted by Crippen LogP contribution is 2.32. The Morgan fingerprint density at radius 1 is 1.00 bits per heavy atom. The van der Waals surface area contributed by atoms with Crippen molar-refractivity contribution in [1.82, 2.24) is 24.7 Å². The molecule has 0 aliphatic carbocycles. The molecular formula is C21H26F3N5O4. The van der Waals surface area contributed by atoms with E-state index < -0.39 is 24.1 Å². The zero-order chi connectivity index (χ0) is 23.8. The second-order valence-corrected chi connectivity index (χ2v) is 8.79. The van der Waals surface area contributed by atoms with Crippen LogP contribution in [-0.2, 0) is 11.0 Å². The molecule has 0 atom stereocenters. The predicted octanol–water partition coefficient (Wildman–Crippen LogP) is 4.31. The third kappa shape index (κ3) is 5.21. The van der Waals surface area contributed by atoms with Crippen LogP contribution in [0.25, 0.3) is 11.0 Å². The molecule has 1 amide bonds. The SMILES string of the molecule is CC1CCN(OC(=O)Oc2nn(C(=O)N3CCC(C)CC3)c3nc(C(F)(F)F)ccc23)CC1. The Kier molecular flexibility index (Phi) is 6.46. The normalized spacial score (nSPS) is 19.1. The molecule has 2 saturated heterocycles. The van der Waals surface area contributed by atoms with Crippen LogP contribution in [0.1, 0.15) is 45.2 Å². The number of ether oxygens (including phenoxy) is 1. The van der Waals surface area contributed by atoms with Crippen LogP contribution < -0.4 is 4.74 Å². The van der Waals surface area contributed by atoms with Gasteiger partial charge in [0.15, 0.2) is 5.65 Å². The van der Waals surface area contributed by atoms with Crippen molar-refractivity contribution < 1.29 is 32.3 Å². The molecule has 4 rings (SSSR count). The molecule has 180 valence electrons. The van der Waals surface area contributed by atoms with Crippen LogP contribution in [0, 0.1) is 11.8 Å². The van der Waals surface area contributed by atoms with E-state index in [4.69, 9.17) is 9.57 Å². The molecule has 0 radical (unpaired) electrons. The number of nitrogens with zero attached hydrogens (tertiary/aromatic N) is 5. The Balaban J connectivity index is 1.61.